The molecule has 0 saturated carbocycles. The van der Waals surface area contributed by atoms with Crippen LogP contribution in [-0.2, 0) is 0 Å². The van der Waals surface area contributed by atoms with Gasteiger partial charge in [0.25, 0.3) is 0 Å². The summed E-state index contributed by atoms with van der Waals surface area (Å²) in [7, 11) is 0. The zero-order valence-electron chi connectivity index (χ0n) is 11.1. The Morgan fingerprint density at radius 2 is 2.05 bits per heavy atom. The first-order chi connectivity index (χ1) is 9.83. The van der Waals surface area contributed by atoms with Crippen LogP contribution in [0.4, 0.5) is 4.39 Å². The van der Waals surface area contributed by atoms with Crippen LogP contribution in [0.3, 0.4) is 0 Å². The number of aromatic nitrogens is 1. The van der Waals surface area contributed by atoms with Crippen LogP contribution in [-0.4, -0.2) is 18.1 Å². The third-order valence-corrected chi connectivity index (χ3v) is 3.60. The third kappa shape index (κ3) is 2.96. The Morgan fingerprint density at radius 3 is 2.70 bits per heavy atom. The molecular formula is C16H17FN2O. The number of nitrogens with one attached hydrogen (secondary N) is 1. The molecular weight excluding hydrogens is 255 g/mol. The van der Waals surface area contributed by atoms with E-state index in [2.05, 4.69) is 22.4 Å². The van der Waals surface area contributed by atoms with Gasteiger partial charge in [-0.2, -0.15) is 0 Å². The van der Waals surface area contributed by atoms with E-state index in [1.54, 1.807) is 6.07 Å². The van der Waals surface area contributed by atoms with Crippen molar-refractivity contribution in [1.82, 2.24) is 10.3 Å². The molecule has 0 amide bonds. The first-order valence-corrected chi connectivity index (χ1v) is 6.87. The largest absolute Gasteiger partial charge is 0.469 e. The molecule has 104 valence electrons. The number of hydrogen-bond donors (Lipinski definition) is 1. The van der Waals surface area contributed by atoms with E-state index >= 15 is 0 Å². The molecule has 1 saturated heterocycles. The zero-order valence-corrected chi connectivity index (χ0v) is 11.1. The molecule has 1 aromatic heterocycles. The molecule has 0 unspecified atom stereocenters. The van der Waals surface area contributed by atoms with Gasteiger partial charge in [-0.15, -0.1) is 0 Å². The quantitative estimate of drug-likeness (QED) is 0.929. The van der Waals surface area contributed by atoms with E-state index in [1.165, 1.54) is 12.3 Å². The molecule has 0 radical (unpaired) electrons. The lowest BCUT2D eigenvalue weighted by Crippen LogP contribution is -2.21. The molecule has 1 aliphatic heterocycles. The van der Waals surface area contributed by atoms with Crippen molar-refractivity contribution in [1.29, 1.82) is 0 Å². The molecule has 2 atom stereocenters. The van der Waals surface area contributed by atoms with Gasteiger partial charge < -0.3 is 10.1 Å². The Hall–Kier alpha value is -1.94. The number of nitrogens with zero attached hydrogens (tertiary/aromatic N) is 1. The van der Waals surface area contributed by atoms with Gasteiger partial charge in [0.1, 0.15) is 11.9 Å². The second-order valence-corrected chi connectivity index (χ2v) is 5.02. The number of hydrogen-bond acceptors (Lipinski definition) is 3. The van der Waals surface area contributed by atoms with E-state index < -0.39 is 0 Å². The van der Waals surface area contributed by atoms with Crippen molar-refractivity contribution >= 4 is 0 Å². The van der Waals surface area contributed by atoms with Gasteiger partial charge in [-0.05, 0) is 24.6 Å². The van der Waals surface area contributed by atoms with Crippen LogP contribution in [0.5, 0.6) is 5.88 Å². The first kappa shape index (κ1) is 13.1. The molecule has 1 aromatic carbocycles. The van der Waals surface area contributed by atoms with Crippen molar-refractivity contribution in [3.05, 3.63) is 60.0 Å². The lowest BCUT2D eigenvalue weighted by atomic mass is 9.95. The van der Waals surface area contributed by atoms with Crippen molar-refractivity contribution in [2.75, 3.05) is 13.1 Å². The van der Waals surface area contributed by atoms with E-state index in [0.717, 1.165) is 25.1 Å². The second kappa shape index (κ2) is 6.01. The molecule has 1 aliphatic rings. The van der Waals surface area contributed by atoms with E-state index in [0.29, 0.717) is 11.8 Å². The van der Waals surface area contributed by atoms with Crippen molar-refractivity contribution in [3.63, 3.8) is 0 Å². The smallest absolute Gasteiger partial charge is 0.213 e. The van der Waals surface area contributed by atoms with E-state index in [4.69, 9.17) is 4.74 Å². The predicted octanol–water partition coefficient (Wildman–Crippen LogP) is 2.95. The fourth-order valence-electron chi connectivity index (χ4n) is 2.58. The summed E-state index contributed by atoms with van der Waals surface area (Å²) in [5.41, 5.74) is 1.13. The van der Waals surface area contributed by atoms with Crippen molar-refractivity contribution in [3.8, 4) is 5.88 Å². The number of halogens is 1. The summed E-state index contributed by atoms with van der Waals surface area (Å²) < 4.78 is 18.9. The van der Waals surface area contributed by atoms with Crippen LogP contribution >= 0.6 is 0 Å². The van der Waals surface area contributed by atoms with Gasteiger partial charge in [0.05, 0.1) is 6.20 Å². The van der Waals surface area contributed by atoms with Crippen LogP contribution in [0, 0.1) is 11.7 Å². The average Bonchev–Trinajstić information content (AvgIpc) is 3.01. The molecule has 3 rings (SSSR count). The molecule has 3 nitrogen and oxygen atoms in total. The van der Waals surface area contributed by atoms with Gasteiger partial charge >= 0.3 is 0 Å². The van der Waals surface area contributed by atoms with Gasteiger partial charge in [-0.1, -0.05) is 30.3 Å². The molecule has 2 heterocycles. The topological polar surface area (TPSA) is 34.1 Å². The number of benzene rings is 1. The maximum Gasteiger partial charge on any atom is 0.213 e. The first-order valence-electron chi connectivity index (χ1n) is 6.87. The summed E-state index contributed by atoms with van der Waals surface area (Å²) in [5.74, 6) is 0.521. The summed E-state index contributed by atoms with van der Waals surface area (Å²) in [5, 5.41) is 3.36. The van der Waals surface area contributed by atoms with E-state index in [1.807, 2.05) is 18.2 Å². The fraction of sp³-hybridized carbons (Fsp3) is 0.312. The van der Waals surface area contributed by atoms with Crippen LogP contribution in [0.15, 0.2) is 48.7 Å². The number of rotatable bonds is 4. The lowest BCUT2D eigenvalue weighted by molar-refractivity contribution is 0.138. The van der Waals surface area contributed by atoms with Crippen LogP contribution < -0.4 is 10.1 Å². The summed E-state index contributed by atoms with van der Waals surface area (Å²) in [6.45, 7) is 1.94. The Kier molecular flexibility index (Phi) is 3.92. The van der Waals surface area contributed by atoms with Gasteiger partial charge in [-0.3, -0.25) is 0 Å². The number of pyridine rings is 1. The highest BCUT2D eigenvalue weighted by atomic mass is 19.1. The summed E-state index contributed by atoms with van der Waals surface area (Å²) >= 11 is 0. The minimum Gasteiger partial charge on any atom is -0.469 e. The molecule has 0 spiro atoms. The molecule has 1 fully saturated rings. The van der Waals surface area contributed by atoms with Crippen LogP contribution in [0.25, 0.3) is 0 Å². The summed E-state index contributed by atoms with van der Waals surface area (Å²) in [6, 6.07) is 13.1. The Labute approximate surface area is 117 Å². The van der Waals surface area contributed by atoms with Crippen molar-refractivity contribution < 1.29 is 9.13 Å². The minimum atomic E-state index is -0.351. The Morgan fingerprint density at radius 1 is 1.20 bits per heavy atom. The maximum atomic E-state index is 12.9. The lowest BCUT2D eigenvalue weighted by Gasteiger charge is -2.24. The zero-order chi connectivity index (χ0) is 13.8. The SMILES string of the molecule is Fc1ccc(O[C@@H](c2ccccc2)[C@H]2CCNC2)nc1. The highest BCUT2D eigenvalue weighted by Gasteiger charge is 2.28. The molecule has 2 aromatic rings. The second-order valence-electron chi connectivity index (χ2n) is 5.02. The summed E-state index contributed by atoms with van der Waals surface area (Å²) in [4.78, 5) is 4.00. The van der Waals surface area contributed by atoms with Gasteiger partial charge in [0, 0.05) is 18.5 Å². The maximum absolute atomic E-state index is 12.9. The monoisotopic (exact) mass is 272 g/mol. The number of ether oxygens (including phenoxy) is 1. The molecule has 4 heteroatoms. The highest BCUT2D eigenvalue weighted by molar-refractivity contribution is 5.21. The predicted molar refractivity (Wildman–Crippen MR) is 75.0 cm³/mol. The molecule has 20 heavy (non-hydrogen) atoms. The molecule has 0 aliphatic carbocycles. The molecule has 1 N–H and O–H groups in total. The molecule has 0 bridgehead atoms. The van der Waals surface area contributed by atoms with Crippen molar-refractivity contribution in [2.45, 2.75) is 12.5 Å². The Balaban J connectivity index is 1.83. The Bertz CT molecular complexity index is 538. The van der Waals surface area contributed by atoms with Crippen molar-refractivity contribution in [2.24, 2.45) is 5.92 Å². The van der Waals surface area contributed by atoms with E-state index in [9.17, 15) is 4.39 Å². The third-order valence-electron chi connectivity index (χ3n) is 3.60. The normalized spacial score (nSPS) is 19.8. The van der Waals surface area contributed by atoms with Gasteiger partial charge in [0.2, 0.25) is 5.88 Å². The highest BCUT2D eigenvalue weighted by Crippen LogP contribution is 2.31. The average molecular weight is 272 g/mol. The minimum absolute atomic E-state index is 0.0517. The van der Waals surface area contributed by atoms with Crippen LogP contribution in [0.1, 0.15) is 18.1 Å². The fourth-order valence-corrected chi connectivity index (χ4v) is 2.58. The van der Waals surface area contributed by atoms with Crippen LogP contribution in [0.2, 0.25) is 0 Å². The van der Waals surface area contributed by atoms with Gasteiger partial charge in [0.15, 0.2) is 0 Å². The van der Waals surface area contributed by atoms with Gasteiger partial charge in [-0.25, -0.2) is 9.37 Å². The standard InChI is InChI=1S/C16H17FN2O/c17-14-6-7-15(19-11-14)20-16(13-8-9-18-10-13)12-4-2-1-3-5-12/h1-7,11,13,16,18H,8-10H2/t13-,16-/m0/s1. The van der Waals surface area contributed by atoms with E-state index in [-0.39, 0.29) is 11.9 Å². The summed E-state index contributed by atoms with van der Waals surface area (Å²) in [6.07, 6.45) is 2.20.